The highest BCUT2D eigenvalue weighted by molar-refractivity contribution is 5.97. The molecule has 0 saturated heterocycles. The molecular weight excluding hydrogens is 320 g/mol. The van der Waals surface area contributed by atoms with Crippen molar-refractivity contribution in [3.8, 4) is 17.6 Å². The molecule has 0 saturated carbocycles. The maximum Gasteiger partial charge on any atom is 0.200 e. The van der Waals surface area contributed by atoms with E-state index in [0.717, 1.165) is 16.7 Å². The molecule has 0 spiro atoms. The first-order chi connectivity index (χ1) is 12.6. The second kappa shape index (κ2) is 8.18. The van der Waals surface area contributed by atoms with Crippen molar-refractivity contribution in [1.82, 2.24) is 0 Å². The smallest absolute Gasteiger partial charge is 0.200 e. The normalized spacial score (nSPS) is 9.92. The molecule has 2 nitrogen and oxygen atoms in total. The molecule has 3 aromatic rings. The van der Waals surface area contributed by atoms with Crippen molar-refractivity contribution in [2.75, 3.05) is 6.61 Å². The third-order valence-corrected chi connectivity index (χ3v) is 4.01. The summed E-state index contributed by atoms with van der Waals surface area (Å²) >= 11 is 0. The Morgan fingerprint density at radius 2 is 1.42 bits per heavy atom. The Morgan fingerprint density at radius 3 is 2.12 bits per heavy atom. The molecular formula is C24H20O2. The quantitative estimate of drug-likeness (QED) is 0.495. The molecule has 3 rings (SSSR count). The van der Waals surface area contributed by atoms with E-state index in [1.807, 2.05) is 86.6 Å². The van der Waals surface area contributed by atoms with Gasteiger partial charge in [-0.25, -0.2) is 0 Å². The Hall–Kier alpha value is -3.31. The highest BCUT2D eigenvalue weighted by atomic mass is 16.5. The summed E-state index contributed by atoms with van der Waals surface area (Å²) in [7, 11) is 0. The van der Waals surface area contributed by atoms with Crippen LogP contribution in [0, 0.1) is 25.7 Å². The molecule has 0 fully saturated rings. The molecule has 0 N–H and O–H groups in total. The number of para-hydroxylation sites is 1. The summed E-state index contributed by atoms with van der Waals surface area (Å²) in [6.07, 6.45) is 0. The zero-order valence-corrected chi connectivity index (χ0v) is 15.0. The van der Waals surface area contributed by atoms with Crippen LogP contribution in [0.3, 0.4) is 0 Å². The van der Waals surface area contributed by atoms with E-state index >= 15 is 0 Å². The van der Waals surface area contributed by atoms with Gasteiger partial charge in [-0.2, -0.15) is 0 Å². The van der Waals surface area contributed by atoms with Crippen LogP contribution in [0.15, 0.2) is 72.8 Å². The number of rotatable bonds is 4. The minimum Gasteiger partial charge on any atom is -0.484 e. The lowest BCUT2D eigenvalue weighted by Gasteiger charge is -2.07. The van der Waals surface area contributed by atoms with E-state index in [0.29, 0.717) is 11.3 Å². The molecule has 2 heteroatoms. The first-order valence-electron chi connectivity index (χ1n) is 8.52. The summed E-state index contributed by atoms with van der Waals surface area (Å²) in [5, 5.41) is 0. The summed E-state index contributed by atoms with van der Waals surface area (Å²) in [5.74, 6) is 6.84. The molecule has 0 aliphatic heterocycles. The van der Waals surface area contributed by atoms with E-state index in [1.165, 1.54) is 5.56 Å². The maximum absolute atomic E-state index is 12.3. The number of hydrogen-bond donors (Lipinski definition) is 0. The Labute approximate surface area is 154 Å². The third kappa shape index (κ3) is 4.62. The number of ketones is 1. The molecule has 0 radical (unpaired) electrons. The molecule has 0 aliphatic carbocycles. The van der Waals surface area contributed by atoms with Crippen molar-refractivity contribution < 1.29 is 9.53 Å². The Balaban J connectivity index is 1.72. The van der Waals surface area contributed by atoms with Crippen molar-refractivity contribution in [2.45, 2.75) is 13.8 Å². The second-order valence-corrected chi connectivity index (χ2v) is 6.19. The van der Waals surface area contributed by atoms with Crippen molar-refractivity contribution in [3.63, 3.8) is 0 Å². The van der Waals surface area contributed by atoms with Gasteiger partial charge in [-0.3, -0.25) is 4.79 Å². The van der Waals surface area contributed by atoms with Gasteiger partial charge in [0.05, 0.1) is 5.56 Å². The van der Waals surface area contributed by atoms with Crippen LogP contribution in [0.5, 0.6) is 5.75 Å². The van der Waals surface area contributed by atoms with Gasteiger partial charge in [0.15, 0.2) is 12.4 Å². The van der Waals surface area contributed by atoms with Crippen LogP contribution >= 0.6 is 0 Å². The highest BCUT2D eigenvalue weighted by Gasteiger charge is 2.08. The molecule has 0 unspecified atom stereocenters. The molecule has 0 aliphatic rings. The number of carbonyl (C=O) groups excluding carboxylic acids is 1. The van der Waals surface area contributed by atoms with Crippen molar-refractivity contribution >= 4 is 5.78 Å². The largest absolute Gasteiger partial charge is 0.484 e. The van der Waals surface area contributed by atoms with E-state index in [4.69, 9.17) is 4.74 Å². The number of ether oxygens (including phenoxy) is 1. The van der Waals surface area contributed by atoms with E-state index in [1.54, 1.807) is 0 Å². The summed E-state index contributed by atoms with van der Waals surface area (Å²) < 4.78 is 5.74. The first-order valence-corrected chi connectivity index (χ1v) is 8.52. The van der Waals surface area contributed by atoms with Crippen LogP contribution in [0.2, 0.25) is 0 Å². The Bertz CT molecular complexity index is 956. The monoisotopic (exact) mass is 340 g/mol. The van der Waals surface area contributed by atoms with Gasteiger partial charge in [-0.05, 0) is 38.1 Å². The molecule has 26 heavy (non-hydrogen) atoms. The minimum absolute atomic E-state index is 0.00765. The zero-order chi connectivity index (χ0) is 18.4. The fraction of sp³-hybridized carbons (Fsp3) is 0.125. The van der Waals surface area contributed by atoms with Crippen molar-refractivity contribution in [1.29, 1.82) is 0 Å². The molecule has 0 heterocycles. The fourth-order valence-corrected chi connectivity index (χ4v) is 2.44. The zero-order valence-electron chi connectivity index (χ0n) is 15.0. The van der Waals surface area contributed by atoms with Gasteiger partial charge in [0.25, 0.3) is 0 Å². The van der Waals surface area contributed by atoms with Gasteiger partial charge in [-0.1, -0.05) is 71.5 Å². The van der Waals surface area contributed by atoms with Crippen LogP contribution in [-0.4, -0.2) is 12.4 Å². The topological polar surface area (TPSA) is 26.3 Å². The molecule has 0 aromatic heterocycles. The van der Waals surface area contributed by atoms with Crippen LogP contribution in [0.4, 0.5) is 0 Å². The van der Waals surface area contributed by atoms with E-state index in [9.17, 15) is 4.79 Å². The fourth-order valence-electron chi connectivity index (χ4n) is 2.44. The van der Waals surface area contributed by atoms with Crippen LogP contribution in [-0.2, 0) is 0 Å². The van der Waals surface area contributed by atoms with Gasteiger partial charge in [0.2, 0.25) is 0 Å². The van der Waals surface area contributed by atoms with Crippen molar-refractivity contribution in [3.05, 3.63) is 101 Å². The number of carbonyl (C=O) groups is 1. The third-order valence-electron chi connectivity index (χ3n) is 4.01. The van der Waals surface area contributed by atoms with Gasteiger partial charge in [0, 0.05) is 11.1 Å². The first kappa shape index (κ1) is 17.5. The SMILES string of the molecule is Cc1ccc(C#Cc2ccccc2OCC(=O)c2ccc(C)cc2)cc1. The van der Waals surface area contributed by atoms with E-state index in [-0.39, 0.29) is 12.4 Å². The number of hydrogen-bond acceptors (Lipinski definition) is 2. The summed E-state index contributed by atoms with van der Waals surface area (Å²) in [4.78, 5) is 12.3. The standard InChI is InChI=1S/C24H20O2/c1-18-7-11-20(12-8-18)13-16-22-5-3-4-6-24(22)26-17-23(25)21-14-9-19(2)10-15-21/h3-12,14-15H,17H2,1-2H3. The average molecular weight is 340 g/mol. The number of benzene rings is 3. The van der Waals surface area contributed by atoms with Gasteiger partial charge >= 0.3 is 0 Å². The molecule has 0 amide bonds. The molecule has 3 aromatic carbocycles. The number of aryl methyl sites for hydroxylation is 2. The Kier molecular flexibility index (Phi) is 5.51. The minimum atomic E-state index is -0.0497. The van der Waals surface area contributed by atoms with Gasteiger partial charge in [-0.15, -0.1) is 0 Å². The van der Waals surface area contributed by atoms with Crippen LogP contribution in [0.1, 0.15) is 32.6 Å². The maximum atomic E-state index is 12.3. The number of Topliss-reactive ketones (excluding diaryl/α,β-unsaturated/α-hetero) is 1. The molecule has 128 valence electrons. The molecule has 0 bridgehead atoms. The molecule has 0 atom stereocenters. The Morgan fingerprint density at radius 1 is 0.808 bits per heavy atom. The van der Waals surface area contributed by atoms with E-state index < -0.39 is 0 Å². The van der Waals surface area contributed by atoms with Crippen LogP contribution < -0.4 is 4.74 Å². The van der Waals surface area contributed by atoms with Gasteiger partial charge in [0.1, 0.15) is 5.75 Å². The lowest BCUT2D eigenvalue weighted by molar-refractivity contribution is 0.0921. The highest BCUT2D eigenvalue weighted by Crippen LogP contribution is 2.17. The predicted octanol–water partition coefficient (Wildman–Crippen LogP) is 4.96. The van der Waals surface area contributed by atoms with Gasteiger partial charge < -0.3 is 4.74 Å². The van der Waals surface area contributed by atoms with Crippen molar-refractivity contribution in [2.24, 2.45) is 0 Å². The summed E-state index contributed by atoms with van der Waals surface area (Å²) in [6, 6.07) is 23.1. The second-order valence-electron chi connectivity index (χ2n) is 6.19. The lowest BCUT2D eigenvalue weighted by Crippen LogP contribution is -2.12. The predicted molar refractivity (Wildman–Crippen MR) is 105 cm³/mol. The average Bonchev–Trinajstić information content (AvgIpc) is 2.67. The van der Waals surface area contributed by atoms with E-state index in [2.05, 4.69) is 11.8 Å². The lowest BCUT2D eigenvalue weighted by atomic mass is 10.1. The summed E-state index contributed by atoms with van der Waals surface area (Å²) in [5.41, 5.74) is 4.69. The van der Waals surface area contributed by atoms with Crippen LogP contribution in [0.25, 0.3) is 0 Å². The summed E-state index contributed by atoms with van der Waals surface area (Å²) in [6.45, 7) is 4.03.